The van der Waals surface area contributed by atoms with E-state index in [0.717, 1.165) is 16.8 Å². The number of benzene rings is 2. The fourth-order valence-electron chi connectivity index (χ4n) is 2.45. The fraction of sp³-hybridized carbons (Fsp3) is 0.111. The molecule has 0 aliphatic heterocycles. The van der Waals surface area contributed by atoms with E-state index in [0.29, 0.717) is 23.6 Å². The zero-order valence-electron chi connectivity index (χ0n) is 12.5. The number of aliphatic carboxylic acids is 1. The molecule has 0 fully saturated rings. The average Bonchev–Trinajstić information content (AvgIpc) is 2.90. The molecule has 5 heteroatoms. The maximum atomic E-state index is 10.9. The van der Waals surface area contributed by atoms with E-state index in [2.05, 4.69) is 16.9 Å². The normalized spacial score (nSPS) is 10.6. The summed E-state index contributed by atoms with van der Waals surface area (Å²) in [6.45, 7) is 3.74. The molecule has 3 rings (SSSR count). The maximum Gasteiger partial charge on any atom is 0.307 e. The predicted molar refractivity (Wildman–Crippen MR) is 89.0 cm³/mol. The van der Waals surface area contributed by atoms with Gasteiger partial charge in [-0.05, 0) is 35.7 Å². The second kappa shape index (κ2) is 6.36. The Morgan fingerprint density at radius 3 is 2.78 bits per heavy atom. The Kier molecular flexibility index (Phi) is 4.10. The van der Waals surface area contributed by atoms with E-state index in [1.807, 2.05) is 36.4 Å². The molecule has 0 amide bonds. The van der Waals surface area contributed by atoms with E-state index in [9.17, 15) is 4.79 Å². The molecule has 0 saturated heterocycles. The minimum atomic E-state index is -0.879. The van der Waals surface area contributed by atoms with Gasteiger partial charge in [-0.25, -0.2) is 0 Å². The number of hydrogen-bond acceptors (Lipinski definition) is 4. The molecule has 5 nitrogen and oxygen atoms in total. The second-order valence-corrected chi connectivity index (χ2v) is 5.18. The van der Waals surface area contributed by atoms with Crippen molar-refractivity contribution >= 4 is 28.8 Å². The molecule has 0 aliphatic rings. The standard InChI is InChI=1S/C18H16N2O3/c1-2-6-13-9-12(11-16(21)22)10-15-17(13)20-18(23-15)19-14-7-4-3-5-8-14/h2-5,7-10H,1,6,11H2,(H,19,20)(H,21,22). The van der Waals surface area contributed by atoms with Crippen LogP contribution in [0.4, 0.5) is 11.7 Å². The van der Waals surface area contributed by atoms with Crippen LogP contribution in [0.25, 0.3) is 11.1 Å². The van der Waals surface area contributed by atoms with Gasteiger partial charge in [0.2, 0.25) is 0 Å². The monoisotopic (exact) mass is 308 g/mol. The first-order chi connectivity index (χ1) is 11.2. The molecule has 0 unspecified atom stereocenters. The SMILES string of the molecule is C=CCc1cc(CC(=O)O)cc2oc(Nc3ccccc3)nc12. The third-order valence-corrected chi connectivity index (χ3v) is 3.38. The summed E-state index contributed by atoms with van der Waals surface area (Å²) in [6, 6.07) is 13.5. The third kappa shape index (κ3) is 3.40. The molecular weight excluding hydrogens is 292 g/mol. The lowest BCUT2D eigenvalue weighted by atomic mass is 10.0. The van der Waals surface area contributed by atoms with E-state index in [4.69, 9.17) is 9.52 Å². The number of nitrogens with one attached hydrogen (secondary N) is 1. The summed E-state index contributed by atoms with van der Waals surface area (Å²) in [5.74, 6) is -0.879. The molecule has 0 bridgehead atoms. The van der Waals surface area contributed by atoms with Crippen LogP contribution in [0.5, 0.6) is 0 Å². The predicted octanol–water partition coefficient (Wildman–Crippen LogP) is 3.93. The minimum Gasteiger partial charge on any atom is -0.481 e. The molecule has 2 N–H and O–H groups in total. The van der Waals surface area contributed by atoms with Crippen LogP contribution in [-0.4, -0.2) is 16.1 Å². The Morgan fingerprint density at radius 1 is 1.30 bits per heavy atom. The Bertz CT molecular complexity index is 853. The van der Waals surface area contributed by atoms with Crippen molar-refractivity contribution in [3.8, 4) is 0 Å². The van der Waals surface area contributed by atoms with Crippen molar-refractivity contribution in [2.75, 3.05) is 5.32 Å². The molecule has 0 radical (unpaired) electrons. The number of carboxylic acid groups (broad SMARTS) is 1. The van der Waals surface area contributed by atoms with Crippen molar-refractivity contribution in [2.24, 2.45) is 0 Å². The smallest absolute Gasteiger partial charge is 0.307 e. The van der Waals surface area contributed by atoms with Gasteiger partial charge in [-0.3, -0.25) is 4.79 Å². The number of carbonyl (C=O) groups is 1. The Labute approximate surface area is 133 Å². The molecule has 0 saturated carbocycles. The van der Waals surface area contributed by atoms with Gasteiger partial charge in [0, 0.05) is 5.69 Å². The summed E-state index contributed by atoms with van der Waals surface area (Å²) >= 11 is 0. The van der Waals surface area contributed by atoms with Crippen LogP contribution in [-0.2, 0) is 17.6 Å². The highest BCUT2D eigenvalue weighted by molar-refractivity contribution is 5.82. The first kappa shape index (κ1) is 14.8. The highest BCUT2D eigenvalue weighted by atomic mass is 16.4. The third-order valence-electron chi connectivity index (χ3n) is 3.38. The zero-order valence-corrected chi connectivity index (χ0v) is 12.5. The van der Waals surface area contributed by atoms with Crippen molar-refractivity contribution in [3.63, 3.8) is 0 Å². The summed E-state index contributed by atoms with van der Waals surface area (Å²) in [7, 11) is 0. The number of nitrogens with zero attached hydrogens (tertiary/aromatic N) is 1. The summed E-state index contributed by atoms with van der Waals surface area (Å²) in [6.07, 6.45) is 2.31. The van der Waals surface area contributed by atoms with E-state index in [1.54, 1.807) is 12.1 Å². The number of fused-ring (bicyclic) bond motifs is 1. The lowest BCUT2D eigenvalue weighted by Crippen LogP contribution is -2.00. The van der Waals surface area contributed by atoms with Gasteiger partial charge >= 0.3 is 5.97 Å². The molecule has 1 aromatic heterocycles. The number of oxazole rings is 1. The quantitative estimate of drug-likeness (QED) is 0.675. The number of para-hydroxylation sites is 1. The molecule has 1 heterocycles. The van der Waals surface area contributed by atoms with E-state index in [1.165, 1.54) is 0 Å². The molecule has 0 aliphatic carbocycles. The first-order valence-electron chi connectivity index (χ1n) is 7.23. The van der Waals surface area contributed by atoms with Crippen LogP contribution < -0.4 is 5.32 Å². The molecule has 0 atom stereocenters. The minimum absolute atomic E-state index is 0.0533. The topological polar surface area (TPSA) is 75.4 Å². The van der Waals surface area contributed by atoms with E-state index < -0.39 is 5.97 Å². The summed E-state index contributed by atoms with van der Waals surface area (Å²) in [5, 5.41) is 12.1. The Hall–Kier alpha value is -3.08. The molecular formula is C18H16N2O3. The zero-order chi connectivity index (χ0) is 16.2. The van der Waals surface area contributed by atoms with Gasteiger partial charge < -0.3 is 14.8 Å². The van der Waals surface area contributed by atoms with Crippen molar-refractivity contribution in [2.45, 2.75) is 12.8 Å². The first-order valence-corrected chi connectivity index (χ1v) is 7.23. The van der Waals surface area contributed by atoms with Gasteiger partial charge in [0.1, 0.15) is 5.52 Å². The van der Waals surface area contributed by atoms with Crippen LogP contribution >= 0.6 is 0 Å². The number of rotatable bonds is 6. The fourth-order valence-corrected chi connectivity index (χ4v) is 2.45. The van der Waals surface area contributed by atoms with Crippen LogP contribution in [0.1, 0.15) is 11.1 Å². The maximum absolute atomic E-state index is 10.9. The number of anilines is 2. The van der Waals surface area contributed by atoms with Crippen molar-refractivity contribution < 1.29 is 14.3 Å². The lowest BCUT2D eigenvalue weighted by Gasteiger charge is -2.02. The average molecular weight is 308 g/mol. The van der Waals surface area contributed by atoms with Crippen LogP contribution in [0.3, 0.4) is 0 Å². The summed E-state index contributed by atoms with van der Waals surface area (Å²) in [5.41, 5.74) is 3.74. The second-order valence-electron chi connectivity index (χ2n) is 5.18. The number of hydrogen-bond donors (Lipinski definition) is 2. The van der Waals surface area contributed by atoms with Gasteiger partial charge in [0.25, 0.3) is 6.01 Å². The van der Waals surface area contributed by atoms with Crippen molar-refractivity contribution in [1.82, 2.24) is 4.98 Å². The van der Waals surface area contributed by atoms with Gasteiger partial charge in [-0.1, -0.05) is 30.3 Å². The number of allylic oxidation sites excluding steroid dienone is 1. The van der Waals surface area contributed by atoms with Gasteiger partial charge in [0.05, 0.1) is 6.42 Å². The summed E-state index contributed by atoms with van der Waals surface area (Å²) in [4.78, 5) is 15.4. The van der Waals surface area contributed by atoms with Crippen molar-refractivity contribution in [1.29, 1.82) is 0 Å². The highest BCUT2D eigenvalue weighted by Crippen LogP contribution is 2.27. The number of carboxylic acids is 1. The van der Waals surface area contributed by atoms with E-state index >= 15 is 0 Å². The van der Waals surface area contributed by atoms with E-state index in [-0.39, 0.29) is 6.42 Å². The molecule has 23 heavy (non-hydrogen) atoms. The largest absolute Gasteiger partial charge is 0.481 e. The van der Waals surface area contributed by atoms with Gasteiger partial charge in [-0.2, -0.15) is 4.98 Å². The Morgan fingerprint density at radius 2 is 2.09 bits per heavy atom. The molecule has 116 valence electrons. The molecule has 0 spiro atoms. The van der Waals surface area contributed by atoms with Crippen LogP contribution in [0, 0.1) is 0 Å². The van der Waals surface area contributed by atoms with Gasteiger partial charge in [0.15, 0.2) is 5.58 Å². The molecule has 2 aromatic carbocycles. The van der Waals surface area contributed by atoms with Crippen LogP contribution in [0.2, 0.25) is 0 Å². The van der Waals surface area contributed by atoms with Crippen LogP contribution in [0.15, 0.2) is 59.5 Å². The summed E-state index contributed by atoms with van der Waals surface area (Å²) < 4.78 is 5.73. The highest BCUT2D eigenvalue weighted by Gasteiger charge is 2.13. The lowest BCUT2D eigenvalue weighted by molar-refractivity contribution is -0.136. The van der Waals surface area contributed by atoms with Crippen molar-refractivity contribution in [3.05, 3.63) is 66.2 Å². The Balaban J connectivity index is 2.01. The van der Waals surface area contributed by atoms with Gasteiger partial charge in [-0.15, -0.1) is 6.58 Å². The number of aromatic nitrogens is 1. The molecule has 3 aromatic rings.